The van der Waals surface area contributed by atoms with Gasteiger partial charge in [-0.25, -0.2) is 0 Å². The van der Waals surface area contributed by atoms with E-state index >= 15 is 0 Å². The summed E-state index contributed by atoms with van der Waals surface area (Å²) in [5, 5.41) is 6.07. The van der Waals surface area contributed by atoms with Gasteiger partial charge in [-0.15, -0.1) is 0 Å². The Balaban J connectivity index is 2.08. The highest BCUT2D eigenvalue weighted by Crippen LogP contribution is 2.27. The van der Waals surface area contributed by atoms with Gasteiger partial charge in [0.05, 0.1) is 5.54 Å². The minimum absolute atomic E-state index is 0.0340. The number of amides is 1. The molecule has 1 heterocycles. The van der Waals surface area contributed by atoms with Crippen LogP contribution in [0.1, 0.15) is 32.6 Å². The molecule has 1 saturated heterocycles. The van der Waals surface area contributed by atoms with Gasteiger partial charge in [-0.3, -0.25) is 4.79 Å². The molecule has 0 bridgehead atoms. The predicted molar refractivity (Wildman–Crippen MR) is 76.6 cm³/mol. The summed E-state index contributed by atoms with van der Waals surface area (Å²) in [5.41, 5.74) is -0.0868. The van der Waals surface area contributed by atoms with E-state index in [1.54, 1.807) is 12.1 Å². The fourth-order valence-electron chi connectivity index (χ4n) is 2.75. The van der Waals surface area contributed by atoms with Crippen molar-refractivity contribution in [1.29, 1.82) is 0 Å². The maximum Gasteiger partial charge on any atom is 0.387 e. The topological polar surface area (TPSA) is 50.4 Å². The van der Waals surface area contributed by atoms with Crippen molar-refractivity contribution >= 4 is 11.6 Å². The van der Waals surface area contributed by atoms with Crippen molar-refractivity contribution in [2.75, 3.05) is 11.9 Å². The van der Waals surface area contributed by atoms with Crippen LogP contribution in [0.4, 0.5) is 14.5 Å². The lowest BCUT2D eigenvalue weighted by Gasteiger charge is -2.27. The highest BCUT2D eigenvalue weighted by Gasteiger charge is 2.39. The van der Waals surface area contributed by atoms with E-state index < -0.39 is 12.2 Å². The highest BCUT2D eigenvalue weighted by molar-refractivity contribution is 5.98. The van der Waals surface area contributed by atoms with E-state index in [4.69, 9.17) is 0 Å². The Bertz CT molecular complexity index is 488. The number of alkyl halides is 2. The Morgan fingerprint density at radius 3 is 2.95 bits per heavy atom. The molecule has 116 valence electrons. The van der Waals surface area contributed by atoms with E-state index in [2.05, 4.69) is 15.4 Å². The van der Waals surface area contributed by atoms with Crippen LogP contribution in [-0.2, 0) is 4.79 Å². The molecule has 1 unspecified atom stereocenters. The van der Waals surface area contributed by atoms with Crippen LogP contribution in [0.15, 0.2) is 24.3 Å². The van der Waals surface area contributed by atoms with Gasteiger partial charge in [-0.05, 0) is 37.9 Å². The molecule has 1 aliphatic heterocycles. The largest absolute Gasteiger partial charge is 0.435 e. The monoisotopic (exact) mass is 298 g/mol. The second kappa shape index (κ2) is 6.85. The van der Waals surface area contributed by atoms with E-state index in [1.807, 2.05) is 6.92 Å². The molecule has 4 nitrogen and oxygen atoms in total. The first-order valence-corrected chi connectivity index (χ1v) is 7.17. The molecule has 1 aromatic rings. The smallest absolute Gasteiger partial charge is 0.387 e. The van der Waals surface area contributed by atoms with Gasteiger partial charge in [-0.2, -0.15) is 8.78 Å². The van der Waals surface area contributed by atoms with E-state index in [0.29, 0.717) is 5.69 Å². The van der Waals surface area contributed by atoms with Crippen LogP contribution < -0.4 is 15.4 Å². The van der Waals surface area contributed by atoms with Gasteiger partial charge < -0.3 is 15.4 Å². The molecule has 0 aromatic heterocycles. The quantitative estimate of drug-likeness (QED) is 0.848. The standard InChI is InChI=1S/C15H20F2N2O2/c1-2-7-15(8-4-9-18-15)13(20)19-11-5-3-6-12(10-11)21-14(16)17/h3,5-6,10,14,18H,2,4,7-9H2,1H3,(H,19,20). The number of hydrogen-bond donors (Lipinski definition) is 2. The molecule has 0 saturated carbocycles. The van der Waals surface area contributed by atoms with Crippen LogP contribution in [0.3, 0.4) is 0 Å². The lowest BCUT2D eigenvalue weighted by molar-refractivity contribution is -0.122. The average Bonchev–Trinajstić information content (AvgIpc) is 2.88. The Labute approximate surface area is 122 Å². The Morgan fingerprint density at radius 2 is 2.33 bits per heavy atom. The van der Waals surface area contributed by atoms with Crippen LogP contribution in [0.25, 0.3) is 0 Å². The Hall–Kier alpha value is -1.69. The zero-order chi connectivity index (χ0) is 15.3. The maximum absolute atomic E-state index is 12.5. The molecular formula is C15H20F2N2O2. The SMILES string of the molecule is CCCC1(C(=O)Nc2cccc(OC(F)F)c2)CCCN1. The Kier molecular flexibility index (Phi) is 5.12. The van der Waals surface area contributed by atoms with Crippen LogP contribution in [0.2, 0.25) is 0 Å². The third kappa shape index (κ3) is 3.91. The number of ether oxygens (including phenoxy) is 1. The molecule has 0 aliphatic carbocycles. The summed E-state index contributed by atoms with van der Waals surface area (Å²) >= 11 is 0. The van der Waals surface area contributed by atoms with Crippen molar-refractivity contribution in [2.45, 2.75) is 44.8 Å². The van der Waals surface area contributed by atoms with Crippen LogP contribution in [0.5, 0.6) is 5.75 Å². The number of hydrogen-bond acceptors (Lipinski definition) is 3. The predicted octanol–water partition coefficient (Wildman–Crippen LogP) is 3.15. The molecule has 1 fully saturated rings. The number of nitrogens with one attached hydrogen (secondary N) is 2. The maximum atomic E-state index is 12.5. The molecule has 0 spiro atoms. The summed E-state index contributed by atoms with van der Waals surface area (Å²) in [6.07, 6.45) is 3.41. The second-order valence-corrected chi connectivity index (χ2v) is 5.22. The number of benzene rings is 1. The van der Waals surface area contributed by atoms with Gasteiger partial charge in [0.1, 0.15) is 5.75 Å². The van der Waals surface area contributed by atoms with Gasteiger partial charge in [0.2, 0.25) is 5.91 Å². The zero-order valence-corrected chi connectivity index (χ0v) is 12.0. The van der Waals surface area contributed by atoms with Crippen molar-refractivity contribution in [3.8, 4) is 5.75 Å². The number of rotatable bonds is 6. The number of anilines is 1. The molecule has 21 heavy (non-hydrogen) atoms. The summed E-state index contributed by atoms with van der Waals surface area (Å²) in [4.78, 5) is 12.5. The van der Waals surface area contributed by atoms with Gasteiger partial charge >= 0.3 is 6.61 Å². The minimum Gasteiger partial charge on any atom is -0.435 e. The molecule has 6 heteroatoms. The molecule has 1 amide bonds. The van der Waals surface area contributed by atoms with Crippen molar-refractivity contribution in [3.05, 3.63) is 24.3 Å². The van der Waals surface area contributed by atoms with E-state index in [0.717, 1.165) is 32.2 Å². The normalized spacial score (nSPS) is 21.5. The van der Waals surface area contributed by atoms with Crippen molar-refractivity contribution in [1.82, 2.24) is 5.32 Å². The Morgan fingerprint density at radius 1 is 1.52 bits per heavy atom. The molecule has 2 N–H and O–H groups in total. The average molecular weight is 298 g/mol. The summed E-state index contributed by atoms with van der Waals surface area (Å²) in [5.74, 6) is -0.0808. The molecule has 1 aromatic carbocycles. The summed E-state index contributed by atoms with van der Waals surface area (Å²) in [6, 6.07) is 6.06. The number of carbonyl (C=O) groups excluding carboxylic acids is 1. The molecule has 1 aliphatic rings. The van der Waals surface area contributed by atoms with Crippen LogP contribution in [-0.4, -0.2) is 24.6 Å². The molecule has 2 rings (SSSR count). The molecule has 1 atom stereocenters. The van der Waals surface area contributed by atoms with Crippen molar-refractivity contribution in [2.24, 2.45) is 0 Å². The van der Waals surface area contributed by atoms with E-state index in [-0.39, 0.29) is 11.7 Å². The fourth-order valence-corrected chi connectivity index (χ4v) is 2.75. The first-order valence-electron chi connectivity index (χ1n) is 7.17. The molecule has 0 radical (unpaired) electrons. The number of carbonyl (C=O) groups is 1. The third-order valence-corrected chi connectivity index (χ3v) is 3.67. The van der Waals surface area contributed by atoms with E-state index in [9.17, 15) is 13.6 Å². The lowest BCUT2D eigenvalue weighted by atomic mass is 9.91. The van der Waals surface area contributed by atoms with Gasteiger partial charge in [0.25, 0.3) is 0 Å². The fraction of sp³-hybridized carbons (Fsp3) is 0.533. The van der Waals surface area contributed by atoms with Gasteiger partial charge in [0.15, 0.2) is 0 Å². The van der Waals surface area contributed by atoms with Gasteiger partial charge in [0, 0.05) is 11.8 Å². The summed E-state index contributed by atoms with van der Waals surface area (Å²) < 4.78 is 28.7. The first-order chi connectivity index (χ1) is 10.1. The summed E-state index contributed by atoms with van der Waals surface area (Å²) in [7, 11) is 0. The van der Waals surface area contributed by atoms with E-state index in [1.165, 1.54) is 12.1 Å². The minimum atomic E-state index is -2.88. The second-order valence-electron chi connectivity index (χ2n) is 5.22. The van der Waals surface area contributed by atoms with Crippen LogP contribution >= 0.6 is 0 Å². The van der Waals surface area contributed by atoms with Crippen molar-refractivity contribution in [3.63, 3.8) is 0 Å². The van der Waals surface area contributed by atoms with Crippen molar-refractivity contribution < 1.29 is 18.3 Å². The third-order valence-electron chi connectivity index (χ3n) is 3.67. The van der Waals surface area contributed by atoms with Crippen LogP contribution in [0, 0.1) is 0 Å². The summed E-state index contributed by atoms with van der Waals surface area (Å²) in [6.45, 7) is -0.0208. The first kappa shape index (κ1) is 15.7. The zero-order valence-electron chi connectivity index (χ0n) is 12.0. The lowest BCUT2D eigenvalue weighted by Crippen LogP contribution is -2.50. The molecular weight excluding hydrogens is 278 g/mol. The number of halogens is 2. The highest BCUT2D eigenvalue weighted by atomic mass is 19.3. The van der Waals surface area contributed by atoms with Gasteiger partial charge in [-0.1, -0.05) is 19.4 Å².